The van der Waals surface area contributed by atoms with Crippen LogP contribution in [-0.4, -0.2) is 10.4 Å². The molecule has 0 aliphatic carbocycles. The number of rotatable bonds is 4. The SMILES string of the molecule is C=C(C(C)=O)[C@@H](c1ccc(F)cc1)n1cccc1C#N. The number of Topliss-reactive ketones (excluding diaryl/α,β-unsaturated/α-hetero) is 1. The van der Waals surface area contributed by atoms with Gasteiger partial charge in [0.25, 0.3) is 0 Å². The van der Waals surface area contributed by atoms with Gasteiger partial charge in [-0.25, -0.2) is 4.39 Å². The van der Waals surface area contributed by atoms with Gasteiger partial charge < -0.3 is 4.57 Å². The van der Waals surface area contributed by atoms with Gasteiger partial charge in [-0.3, -0.25) is 4.79 Å². The first-order valence-electron chi connectivity index (χ1n) is 6.06. The molecule has 0 saturated carbocycles. The van der Waals surface area contributed by atoms with Gasteiger partial charge in [0, 0.05) is 11.8 Å². The van der Waals surface area contributed by atoms with Crippen LogP contribution in [0.5, 0.6) is 0 Å². The van der Waals surface area contributed by atoms with Crippen molar-refractivity contribution in [2.24, 2.45) is 0 Å². The number of hydrogen-bond acceptors (Lipinski definition) is 2. The van der Waals surface area contributed by atoms with Crippen molar-refractivity contribution < 1.29 is 9.18 Å². The van der Waals surface area contributed by atoms with Crippen LogP contribution in [0, 0.1) is 17.1 Å². The average Bonchev–Trinajstić information content (AvgIpc) is 2.89. The Labute approximate surface area is 116 Å². The van der Waals surface area contributed by atoms with Gasteiger partial charge in [-0.2, -0.15) is 5.26 Å². The van der Waals surface area contributed by atoms with Crippen LogP contribution in [0.4, 0.5) is 4.39 Å². The molecule has 0 spiro atoms. The predicted octanol–water partition coefficient (Wildman–Crippen LogP) is 3.23. The summed E-state index contributed by atoms with van der Waals surface area (Å²) in [5.74, 6) is -0.522. The van der Waals surface area contributed by atoms with E-state index in [0.29, 0.717) is 16.8 Å². The van der Waals surface area contributed by atoms with Gasteiger partial charge in [0.05, 0.1) is 6.04 Å². The van der Waals surface area contributed by atoms with E-state index in [4.69, 9.17) is 5.26 Å². The number of hydrogen-bond donors (Lipinski definition) is 0. The third-order valence-electron chi connectivity index (χ3n) is 3.14. The molecule has 0 fully saturated rings. The summed E-state index contributed by atoms with van der Waals surface area (Å²) in [6.45, 7) is 5.24. The van der Waals surface area contributed by atoms with Crippen LogP contribution in [0.15, 0.2) is 54.7 Å². The first-order valence-corrected chi connectivity index (χ1v) is 6.06. The van der Waals surface area contributed by atoms with Gasteiger partial charge in [0.1, 0.15) is 17.6 Å². The second kappa shape index (κ2) is 5.54. The molecule has 1 atom stereocenters. The summed E-state index contributed by atoms with van der Waals surface area (Å²) < 4.78 is 14.7. The summed E-state index contributed by atoms with van der Waals surface area (Å²) >= 11 is 0. The molecule has 20 heavy (non-hydrogen) atoms. The first-order chi connectivity index (χ1) is 9.54. The number of carbonyl (C=O) groups excluding carboxylic acids is 1. The maximum Gasteiger partial charge on any atom is 0.157 e. The minimum absolute atomic E-state index is 0.170. The number of ketones is 1. The molecule has 0 bridgehead atoms. The molecule has 1 heterocycles. The Hall–Kier alpha value is -2.67. The summed E-state index contributed by atoms with van der Waals surface area (Å²) in [5.41, 5.74) is 1.48. The highest BCUT2D eigenvalue weighted by atomic mass is 19.1. The number of nitrogens with zero attached hydrogens (tertiary/aromatic N) is 2. The highest BCUT2D eigenvalue weighted by molar-refractivity contribution is 5.94. The van der Waals surface area contributed by atoms with Crippen LogP contribution in [0.25, 0.3) is 0 Å². The van der Waals surface area contributed by atoms with E-state index >= 15 is 0 Å². The zero-order valence-electron chi connectivity index (χ0n) is 11.0. The summed E-state index contributed by atoms with van der Waals surface area (Å²) in [6, 6.07) is 10.8. The Morgan fingerprint density at radius 3 is 2.55 bits per heavy atom. The topological polar surface area (TPSA) is 45.8 Å². The second-order valence-electron chi connectivity index (χ2n) is 4.45. The monoisotopic (exact) mass is 268 g/mol. The molecule has 1 aromatic carbocycles. The number of nitriles is 1. The van der Waals surface area contributed by atoms with E-state index in [1.807, 2.05) is 0 Å². The maximum atomic E-state index is 13.0. The van der Waals surface area contributed by atoms with Crippen LogP contribution in [0.1, 0.15) is 24.2 Å². The van der Waals surface area contributed by atoms with Gasteiger partial charge in [-0.05, 0) is 36.8 Å². The largest absolute Gasteiger partial charge is 0.328 e. The van der Waals surface area contributed by atoms with Gasteiger partial charge in [0.15, 0.2) is 5.78 Å². The van der Waals surface area contributed by atoms with E-state index in [-0.39, 0.29) is 11.6 Å². The molecule has 100 valence electrons. The molecular formula is C16H13FN2O. The third kappa shape index (κ3) is 2.52. The Balaban J connectivity index is 2.57. The van der Waals surface area contributed by atoms with E-state index in [1.165, 1.54) is 19.1 Å². The quantitative estimate of drug-likeness (QED) is 0.799. The Kier molecular flexibility index (Phi) is 3.81. The lowest BCUT2D eigenvalue weighted by atomic mass is 9.97. The molecule has 0 unspecified atom stereocenters. The molecule has 0 N–H and O–H groups in total. The smallest absolute Gasteiger partial charge is 0.157 e. The average molecular weight is 268 g/mol. The minimum Gasteiger partial charge on any atom is -0.328 e. The summed E-state index contributed by atoms with van der Waals surface area (Å²) in [7, 11) is 0. The fourth-order valence-electron chi connectivity index (χ4n) is 2.08. The maximum absolute atomic E-state index is 13.0. The third-order valence-corrected chi connectivity index (χ3v) is 3.14. The highest BCUT2D eigenvalue weighted by Gasteiger charge is 2.21. The standard InChI is InChI=1S/C16H13FN2O/c1-11(12(2)20)16(13-5-7-14(17)8-6-13)19-9-3-4-15(19)10-18/h3-9,16H,1H2,2H3/t16-/m0/s1. The van der Waals surface area contributed by atoms with Crippen molar-refractivity contribution in [3.63, 3.8) is 0 Å². The number of halogens is 1. The van der Waals surface area contributed by atoms with Crippen molar-refractivity contribution in [3.8, 4) is 6.07 Å². The molecule has 0 amide bonds. The van der Waals surface area contributed by atoms with Gasteiger partial charge in [0.2, 0.25) is 0 Å². The molecule has 3 nitrogen and oxygen atoms in total. The number of carbonyl (C=O) groups is 1. The number of benzene rings is 1. The minimum atomic E-state index is -0.502. The van der Waals surface area contributed by atoms with Crippen molar-refractivity contribution >= 4 is 5.78 Å². The van der Waals surface area contributed by atoms with Crippen LogP contribution < -0.4 is 0 Å². The van der Waals surface area contributed by atoms with E-state index in [1.54, 1.807) is 35.0 Å². The van der Waals surface area contributed by atoms with Crippen LogP contribution in [0.3, 0.4) is 0 Å². The molecule has 0 aliphatic heterocycles. The molecule has 2 rings (SSSR count). The van der Waals surface area contributed by atoms with Crippen LogP contribution in [0.2, 0.25) is 0 Å². The lowest BCUT2D eigenvalue weighted by molar-refractivity contribution is -0.113. The van der Waals surface area contributed by atoms with Gasteiger partial charge >= 0.3 is 0 Å². The molecule has 0 radical (unpaired) electrons. The first kappa shape index (κ1) is 13.8. The molecule has 0 aliphatic rings. The predicted molar refractivity (Wildman–Crippen MR) is 73.5 cm³/mol. The molecular weight excluding hydrogens is 255 g/mol. The molecule has 1 aromatic heterocycles. The van der Waals surface area contributed by atoms with Crippen molar-refractivity contribution in [2.45, 2.75) is 13.0 Å². The fraction of sp³-hybridized carbons (Fsp3) is 0.125. The highest BCUT2D eigenvalue weighted by Crippen LogP contribution is 2.28. The lowest BCUT2D eigenvalue weighted by Crippen LogP contribution is -2.17. The Bertz CT molecular complexity index is 692. The summed E-state index contributed by atoms with van der Waals surface area (Å²) in [4.78, 5) is 11.7. The van der Waals surface area contributed by atoms with Gasteiger partial charge in [-0.15, -0.1) is 0 Å². The zero-order valence-corrected chi connectivity index (χ0v) is 11.0. The van der Waals surface area contributed by atoms with Crippen molar-refractivity contribution in [1.82, 2.24) is 4.57 Å². The van der Waals surface area contributed by atoms with Crippen molar-refractivity contribution in [2.75, 3.05) is 0 Å². The summed E-state index contributed by atoms with van der Waals surface area (Å²) in [6.07, 6.45) is 1.71. The van der Waals surface area contributed by atoms with E-state index in [2.05, 4.69) is 12.6 Å². The lowest BCUT2D eigenvalue weighted by Gasteiger charge is -2.21. The van der Waals surface area contributed by atoms with E-state index in [0.717, 1.165) is 0 Å². The Morgan fingerprint density at radius 2 is 2.00 bits per heavy atom. The fourth-order valence-corrected chi connectivity index (χ4v) is 2.08. The second-order valence-corrected chi connectivity index (χ2v) is 4.45. The van der Waals surface area contributed by atoms with E-state index < -0.39 is 6.04 Å². The number of aromatic nitrogens is 1. The van der Waals surface area contributed by atoms with Crippen LogP contribution in [-0.2, 0) is 4.79 Å². The van der Waals surface area contributed by atoms with Gasteiger partial charge in [-0.1, -0.05) is 18.7 Å². The zero-order chi connectivity index (χ0) is 14.7. The number of allylic oxidation sites excluding steroid dienone is 1. The normalized spacial score (nSPS) is 11.7. The van der Waals surface area contributed by atoms with Crippen molar-refractivity contribution in [3.05, 3.63) is 71.8 Å². The molecule has 2 aromatic rings. The van der Waals surface area contributed by atoms with Crippen molar-refractivity contribution in [1.29, 1.82) is 5.26 Å². The Morgan fingerprint density at radius 1 is 1.35 bits per heavy atom. The summed E-state index contributed by atoms with van der Waals surface area (Å²) in [5, 5.41) is 9.12. The van der Waals surface area contributed by atoms with E-state index in [9.17, 15) is 9.18 Å². The molecule has 0 saturated heterocycles. The molecule has 4 heteroatoms. The van der Waals surface area contributed by atoms with Crippen LogP contribution >= 0.6 is 0 Å².